The summed E-state index contributed by atoms with van der Waals surface area (Å²) in [6.45, 7) is 4.16. The third kappa shape index (κ3) is 2.75. The molecule has 2 aliphatic rings. The standard InChI is InChI=1S/C19H20N2O3S/c1-15-7-9-17(10-8-15)25(23,24)21-13-19(14-21)11-20(12-19)18(22)16-5-3-2-4-6-16/h2-10H,11-14H2,1H3. The lowest BCUT2D eigenvalue weighted by Crippen LogP contribution is -2.73. The average molecular weight is 356 g/mol. The minimum atomic E-state index is -3.43. The molecule has 0 saturated carbocycles. The van der Waals surface area contributed by atoms with Crippen molar-refractivity contribution in [3.8, 4) is 0 Å². The topological polar surface area (TPSA) is 57.7 Å². The van der Waals surface area contributed by atoms with Crippen LogP contribution in [0.4, 0.5) is 0 Å². The monoisotopic (exact) mass is 356 g/mol. The van der Waals surface area contributed by atoms with Gasteiger partial charge in [0, 0.05) is 37.2 Å². The van der Waals surface area contributed by atoms with Crippen LogP contribution in [0.25, 0.3) is 0 Å². The van der Waals surface area contributed by atoms with Crippen LogP contribution < -0.4 is 0 Å². The Bertz CT molecular complexity index is 893. The SMILES string of the molecule is Cc1ccc(S(=O)(=O)N2CC3(CN(C(=O)c4ccccc4)C3)C2)cc1. The highest BCUT2D eigenvalue weighted by Gasteiger charge is 2.56. The van der Waals surface area contributed by atoms with Gasteiger partial charge in [-0.25, -0.2) is 8.42 Å². The molecule has 1 spiro atoms. The van der Waals surface area contributed by atoms with E-state index in [-0.39, 0.29) is 11.3 Å². The third-order valence-electron chi connectivity index (χ3n) is 5.04. The molecule has 0 radical (unpaired) electrons. The lowest BCUT2D eigenvalue weighted by molar-refractivity contribution is -0.0633. The molecule has 0 aliphatic carbocycles. The average Bonchev–Trinajstić information content (AvgIpc) is 2.53. The van der Waals surface area contributed by atoms with Crippen LogP contribution in [0.1, 0.15) is 15.9 Å². The number of carbonyl (C=O) groups is 1. The van der Waals surface area contributed by atoms with E-state index in [1.165, 1.54) is 4.31 Å². The first kappa shape index (κ1) is 16.3. The van der Waals surface area contributed by atoms with Gasteiger partial charge in [0.25, 0.3) is 5.91 Å². The van der Waals surface area contributed by atoms with Crippen LogP contribution in [0.2, 0.25) is 0 Å². The van der Waals surface area contributed by atoms with E-state index in [2.05, 4.69) is 0 Å². The van der Waals surface area contributed by atoms with Crippen molar-refractivity contribution in [2.45, 2.75) is 11.8 Å². The number of amides is 1. The van der Waals surface area contributed by atoms with Crippen molar-refractivity contribution in [1.29, 1.82) is 0 Å². The van der Waals surface area contributed by atoms with Crippen molar-refractivity contribution < 1.29 is 13.2 Å². The van der Waals surface area contributed by atoms with Crippen LogP contribution in [0.3, 0.4) is 0 Å². The number of nitrogens with zero attached hydrogens (tertiary/aromatic N) is 2. The number of hydrogen-bond donors (Lipinski definition) is 0. The molecule has 1 amide bonds. The van der Waals surface area contributed by atoms with Crippen LogP contribution in [0.5, 0.6) is 0 Å². The maximum Gasteiger partial charge on any atom is 0.253 e. The highest BCUT2D eigenvalue weighted by Crippen LogP contribution is 2.42. The van der Waals surface area contributed by atoms with Gasteiger partial charge in [0.1, 0.15) is 0 Å². The Morgan fingerprint density at radius 1 is 0.920 bits per heavy atom. The number of likely N-dealkylation sites (tertiary alicyclic amines) is 1. The highest BCUT2D eigenvalue weighted by atomic mass is 32.2. The normalized spacial score (nSPS) is 19.3. The molecular formula is C19H20N2O3S. The molecule has 2 saturated heterocycles. The van der Waals surface area contributed by atoms with E-state index in [0.29, 0.717) is 36.6 Å². The van der Waals surface area contributed by atoms with Crippen LogP contribution in [-0.2, 0) is 10.0 Å². The minimum absolute atomic E-state index is 0.0195. The number of aryl methyl sites for hydroxylation is 1. The summed E-state index contributed by atoms with van der Waals surface area (Å²) >= 11 is 0. The summed E-state index contributed by atoms with van der Waals surface area (Å²) < 4.78 is 26.8. The zero-order valence-electron chi connectivity index (χ0n) is 14.1. The molecule has 130 valence electrons. The van der Waals surface area contributed by atoms with Gasteiger partial charge in [-0.1, -0.05) is 35.9 Å². The second-order valence-corrected chi connectivity index (χ2v) is 9.05. The molecule has 0 N–H and O–H groups in total. The van der Waals surface area contributed by atoms with E-state index in [1.807, 2.05) is 49.4 Å². The summed E-state index contributed by atoms with van der Waals surface area (Å²) in [5.74, 6) is 0.0195. The van der Waals surface area contributed by atoms with Crippen molar-refractivity contribution in [3.05, 3.63) is 65.7 Å². The maximum atomic E-state index is 12.6. The first-order valence-corrected chi connectivity index (χ1v) is 9.75. The number of carbonyl (C=O) groups excluding carboxylic acids is 1. The number of sulfonamides is 1. The molecule has 6 heteroatoms. The van der Waals surface area contributed by atoms with E-state index in [1.54, 1.807) is 17.0 Å². The minimum Gasteiger partial charge on any atom is -0.337 e. The van der Waals surface area contributed by atoms with E-state index >= 15 is 0 Å². The molecule has 5 nitrogen and oxygen atoms in total. The second-order valence-electron chi connectivity index (χ2n) is 7.11. The predicted octanol–water partition coefficient (Wildman–Crippen LogP) is 2.14. The maximum absolute atomic E-state index is 12.6. The molecule has 2 heterocycles. The number of benzene rings is 2. The Kier molecular flexibility index (Phi) is 3.70. The first-order valence-electron chi connectivity index (χ1n) is 8.31. The van der Waals surface area contributed by atoms with Gasteiger partial charge >= 0.3 is 0 Å². The Balaban J connectivity index is 1.38. The molecule has 2 aromatic carbocycles. The Labute approximate surface area is 147 Å². The molecule has 0 aromatic heterocycles. The van der Waals surface area contributed by atoms with Crippen molar-refractivity contribution >= 4 is 15.9 Å². The van der Waals surface area contributed by atoms with Crippen LogP contribution >= 0.6 is 0 Å². The quantitative estimate of drug-likeness (QED) is 0.847. The number of rotatable bonds is 3. The van der Waals surface area contributed by atoms with E-state index < -0.39 is 10.0 Å². The zero-order valence-corrected chi connectivity index (χ0v) is 14.9. The Hall–Kier alpha value is -2.18. The highest BCUT2D eigenvalue weighted by molar-refractivity contribution is 7.89. The fraction of sp³-hybridized carbons (Fsp3) is 0.316. The van der Waals surface area contributed by atoms with Gasteiger partial charge in [-0.3, -0.25) is 4.79 Å². The summed E-state index contributed by atoms with van der Waals surface area (Å²) in [7, 11) is -3.43. The molecule has 25 heavy (non-hydrogen) atoms. The van der Waals surface area contributed by atoms with Crippen molar-refractivity contribution in [1.82, 2.24) is 9.21 Å². The molecule has 2 aliphatic heterocycles. The van der Waals surface area contributed by atoms with Crippen LogP contribution in [0, 0.1) is 12.3 Å². The molecule has 0 unspecified atom stereocenters. The lowest BCUT2D eigenvalue weighted by atomic mass is 9.74. The molecule has 0 bridgehead atoms. The molecule has 4 rings (SSSR count). The summed E-state index contributed by atoms with van der Waals surface area (Å²) in [5.41, 5.74) is 1.65. The van der Waals surface area contributed by atoms with Gasteiger partial charge in [0.2, 0.25) is 10.0 Å². The fourth-order valence-electron chi connectivity index (χ4n) is 3.60. The number of hydrogen-bond acceptors (Lipinski definition) is 3. The van der Waals surface area contributed by atoms with E-state index in [9.17, 15) is 13.2 Å². The summed E-state index contributed by atoms with van der Waals surface area (Å²) in [6, 6.07) is 16.1. The fourth-order valence-corrected chi connectivity index (χ4v) is 5.27. The molecule has 0 atom stereocenters. The van der Waals surface area contributed by atoms with Gasteiger partial charge in [-0.15, -0.1) is 0 Å². The van der Waals surface area contributed by atoms with Crippen molar-refractivity contribution in [3.63, 3.8) is 0 Å². The Morgan fingerprint density at radius 3 is 2.12 bits per heavy atom. The van der Waals surface area contributed by atoms with E-state index in [4.69, 9.17) is 0 Å². The van der Waals surface area contributed by atoms with Gasteiger partial charge in [0.05, 0.1) is 4.90 Å². The van der Waals surface area contributed by atoms with Crippen molar-refractivity contribution in [2.24, 2.45) is 5.41 Å². The van der Waals surface area contributed by atoms with Gasteiger partial charge in [-0.05, 0) is 31.2 Å². The second kappa shape index (κ2) is 5.68. The summed E-state index contributed by atoms with van der Waals surface area (Å²) in [4.78, 5) is 14.5. The molecule has 2 aromatic rings. The van der Waals surface area contributed by atoms with Crippen LogP contribution in [-0.4, -0.2) is 49.7 Å². The predicted molar refractivity (Wildman–Crippen MR) is 94.7 cm³/mol. The van der Waals surface area contributed by atoms with Gasteiger partial charge in [0.15, 0.2) is 0 Å². The largest absolute Gasteiger partial charge is 0.337 e. The van der Waals surface area contributed by atoms with Crippen molar-refractivity contribution in [2.75, 3.05) is 26.2 Å². The summed E-state index contributed by atoms with van der Waals surface area (Å²) in [5, 5.41) is 0. The van der Waals surface area contributed by atoms with Crippen LogP contribution in [0.15, 0.2) is 59.5 Å². The van der Waals surface area contributed by atoms with Gasteiger partial charge < -0.3 is 4.90 Å². The first-order chi connectivity index (χ1) is 11.9. The zero-order chi connectivity index (χ0) is 17.7. The lowest BCUT2D eigenvalue weighted by Gasteiger charge is -2.59. The third-order valence-corrected chi connectivity index (χ3v) is 6.85. The smallest absolute Gasteiger partial charge is 0.253 e. The Morgan fingerprint density at radius 2 is 1.52 bits per heavy atom. The summed E-state index contributed by atoms with van der Waals surface area (Å²) in [6.07, 6.45) is 0. The van der Waals surface area contributed by atoms with E-state index in [0.717, 1.165) is 5.56 Å². The molecule has 2 fully saturated rings. The molecular weight excluding hydrogens is 336 g/mol. The van der Waals surface area contributed by atoms with Gasteiger partial charge in [-0.2, -0.15) is 4.31 Å².